The summed E-state index contributed by atoms with van der Waals surface area (Å²) < 4.78 is 0. The van der Waals surface area contributed by atoms with Crippen molar-refractivity contribution in [3.05, 3.63) is 5.01 Å². The molecule has 0 spiro atoms. The topological polar surface area (TPSA) is 37.8 Å². The zero-order valence-corrected chi connectivity index (χ0v) is 9.15. The van der Waals surface area contributed by atoms with E-state index in [0.29, 0.717) is 0 Å². The van der Waals surface area contributed by atoms with E-state index in [4.69, 9.17) is 0 Å². The molecule has 0 aliphatic heterocycles. The Hall–Kier alpha value is -0.640. The van der Waals surface area contributed by atoms with Gasteiger partial charge in [-0.25, -0.2) is 0 Å². The molecule has 1 aromatic heterocycles. The number of hydrogen-bond donors (Lipinski definition) is 1. The Labute approximate surface area is 83.6 Å². The van der Waals surface area contributed by atoms with Crippen LogP contribution < -0.4 is 5.32 Å². The maximum absolute atomic E-state index is 4.04. The fourth-order valence-electron chi connectivity index (χ4n) is 1.04. The van der Waals surface area contributed by atoms with Crippen molar-refractivity contribution >= 4 is 16.5 Å². The van der Waals surface area contributed by atoms with Gasteiger partial charge in [-0.15, -0.1) is 10.2 Å². The van der Waals surface area contributed by atoms with Crippen LogP contribution in [0.1, 0.15) is 38.1 Å². The number of hydrogen-bond acceptors (Lipinski definition) is 4. The van der Waals surface area contributed by atoms with Gasteiger partial charge < -0.3 is 5.32 Å². The Morgan fingerprint density at radius 1 is 1.23 bits per heavy atom. The number of anilines is 1. The summed E-state index contributed by atoms with van der Waals surface area (Å²) in [6.07, 6.45) is 4.75. The van der Waals surface area contributed by atoms with E-state index >= 15 is 0 Å². The number of nitrogens with one attached hydrogen (secondary N) is 1. The zero-order valence-electron chi connectivity index (χ0n) is 8.34. The molecule has 1 heterocycles. The predicted octanol–water partition coefficient (Wildman–Crippen LogP) is 2.70. The molecule has 0 aromatic carbocycles. The first-order valence-electron chi connectivity index (χ1n) is 4.93. The van der Waals surface area contributed by atoms with Gasteiger partial charge in [-0.2, -0.15) is 0 Å². The van der Waals surface area contributed by atoms with Gasteiger partial charge in [-0.3, -0.25) is 0 Å². The van der Waals surface area contributed by atoms with Gasteiger partial charge in [0.1, 0.15) is 5.01 Å². The molecule has 0 radical (unpaired) electrons. The molecule has 0 fully saturated rings. The standard InChI is InChI=1S/C9H17N3S/c1-3-5-6-7-10-9-12-11-8(4-2)13-9/h3-7H2,1-2H3,(H,10,12). The van der Waals surface area contributed by atoms with Crippen LogP contribution in [0.15, 0.2) is 0 Å². The van der Waals surface area contributed by atoms with Crippen molar-refractivity contribution in [2.24, 2.45) is 0 Å². The first kappa shape index (κ1) is 10.4. The lowest BCUT2D eigenvalue weighted by Crippen LogP contribution is -2.00. The van der Waals surface area contributed by atoms with Gasteiger partial charge in [-0.05, 0) is 12.8 Å². The molecule has 4 heteroatoms. The second-order valence-corrected chi connectivity index (χ2v) is 4.05. The van der Waals surface area contributed by atoms with Gasteiger partial charge in [0.25, 0.3) is 0 Å². The monoisotopic (exact) mass is 199 g/mol. The van der Waals surface area contributed by atoms with Crippen molar-refractivity contribution in [3.8, 4) is 0 Å². The van der Waals surface area contributed by atoms with Crippen molar-refractivity contribution < 1.29 is 0 Å². The van der Waals surface area contributed by atoms with Gasteiger partial charge in [-0.1, -0.05) is 38.0 Å². The summed E-state index contributed by atoms with van der Waals surface area (Å²) in [4.78, 5) is 0. The van der Waals surface area contributed by atoms with Crippen molar-refractivity contribution in [1.82, 2.24) is 10.2 Å². The fraction of sp³-hybridized carbons (Fsp3) is 0.778. The lowest BCUT2D eigenvalue weighted by Gasteiger charge is -1.99. The van der Waals surface area contributed by atoms with Gasteiger partial charge in [0.15, 0.2) is 0 Å². The van der Waals surface area contributed by atoms with Crippen molar-refractivity contribution in [2.75, 3.05) is 11.9 Å². The smallest absolute Gasteiger partial charge is 0.205 e. The van der Waals surface area contributed by atoms with E-state index in [1.165, 1.54) is 19.3 Å². The lowest BCUT2D eigenvalue weighted by molar-refractivity contribution is 0.742. The van der Waals surface area contributed by atoms with E-state index < -0.39 is 0 Å². The zero-order chi connectivity index (χ0) is 9.52. The average molecular weight is 199 g/mol. The Morgan fingerprint density at radius 2 is 2.08 bits per heavy atom. The Kier molecular flexibility index (Phi) is 4.75. The van der Waals surface area contributed by atoms with Gasteiger partial charge in [0.2, 0.25) is 5.13 Å². The van der Waals surface area contributed by atoms with Crippen LogP contribution in [0.25, 0.3) is 0 Å². The third kappa shape index (κ3) is 3.72. The number of unbranched alkanes of at least 4 members (excludes halogenated alkanes) is 2. The summed E-state index contributed by atoms with van der Waals surface area (Å²) in [6.45, 7) is 5.33. The highest BCUT2D eigenvalue weighted by Gasteiger charge is 1.99. The van der Waals surface area contributed by atoms with E-state index in [1.54, 1.807) is 11.3 Å². The van der Waals surface area contributed by atoms with Crippen LogP contribution in [-0.4, -0.2) is 16.7 Å². The van der Waals surface area contributed by atoms with E-state index in [2.05, 4.69) is 29.4 Å². The van der Waals surface area contributed by atoms with Crippen LogP contribution in [0, 0.1) is 0 Å². The highest BCUT2D eigenvalue weighted by Crippen LogP contribution is 2.15. The minimum absolute atomic E-state index is 0.966. The van der Waals surface area contributed by atoms with Gasteiger partial charge in [0, 0.05) is 6.54 Å². The normalized spacial score (nSPS) is 10.3. The molecule has 3 nitrogen and oxygen atoms in total. The summed E-state index contributed by atoms with van der Waals surface area (Å²) in [7, 11) is 0. The summed E-state index contributed by atoms with van der Waals surface area (Å²) in [6, 6.07) is 0. The summed E-state index contributed by atoms with van der Waals surface area (Å²) in [5, 5.41) is 13.4. The molecule has 0 saturated heterocycles. The number of rotatable bonds is 6. The molecule has 0 aliphatic rings. The summed E-state index contributed by atoms with van der Waals surface area (Å²) in [5.74, 6) is 0. The van der Waals surface area contributed by atoms with Crippen LogP contribution in [-0.2, 0) is 6.42 Å². The molecular weight excluding hydrogens is 182 g/mol. The molecule has 13 heavy (non-hydrogen) atoms. The maximum Gasteiger partial charge on any atom is 0.205 e. The van der Waals surface area contributed by atoms with Crippen LogP contribution >= 0.6 is 11.3 Å². The molecule has 1 rings (SSSR count). The number of aromatic nitrogens is 2. The minimum Gasteiger partial charge on any atom is -0.360 e. The summed E-state index contributed by atoms with van der Waals surface area (Å²) >= 11 is 1.66. The van der Waals surface area contributed by atoms with Crippen LogP contribution in [0.5, 0.6) is 0 Å². The highest BCUT2D eigenvalue weighted by molar-refractivity contribution is 7.15. The maximum atomic E-state index is 4.04. The Morgan fingerprint density at radius 3 is 2.69 bits per heavy atom. The van der Waals surface area contributed by atoms with Crippen molar-refractivity contribution in [1.29, 1.82) is 0 Å². The molecule has 0 saturated carbocycles. The van der Waals surface area contributed by atoms with Crippen molar-refractivity contribution in [3.63, 3.8) is 0 Å². The van der Waals surface area contributed by atoms with E-state index in [0.717, 1.165) is 23.1 Å². The molecule has 74 valence electrons. The summed E-state index contributed by atoms with van der Waals surface area (Å²) in [5.41, 5.74) is 0. The van der Waals surface area contributed by atoms with Crippen LogP contribution in [0.2, 0.25) is 0 Å². The predicted molar refractivity (Wildman–Crippen MR) is 57.3 cm³/mol. The highest BCUT2D eigenvalue weighted by atomic mass is 32.1. The minimum atomic E-state index is 0.966. The van der Waals surface area contributed by atoms with Crippen molar-refractivity contribution in [2.45, 2.75) is 39.5 Å². The molecule has 0 bridgehead atoms. The molecule has 0 amide bonds. The van der Waals surface area contributed by atoms with E-state index in [9.17, 15) is 0 Å². The van der Waals surface area contributed by atoms with Crippen LogP contribution in [0.4, 0.5) is 5.13 Å². The second-order valence-electron chi connectivity index (χ2n) is 2.99. The van der Waals surface area contributed by atoms with E-state index in [1.807, 2.05) is 0 Å². The fourth-order valence-corrected chi connectivity index (χ4v) is 1.74. The van der Waals surface area contributed by atoms with Crippen LogP contribution in [0.3, 0.4) is 0 Å². The molecular formula is C9H17N3S. The molecule has 0 aliphatic carbocycles. The largest absolute Gasteiger partial charge is 0.360 e. The Balaban J connectivity index is 2.20. The van der Waals surface area contributed by atoms with Gasteiger partial charge >= 0.3 is 0 Å². The molecule has 1 aromatic rings. The number of aryl methyl sites for hydroxylation is 1. The Bertz CT molecular complexity index is 235. The SMILES string of the molecule is CCCCCNc1nnc(CC)s1. The second kappa shape index (κ2) is 5.91. The van der Waals surface area contributed by atoms with Gasteiger partial charge in [0.05, 0.1) is 0 Å². The number of nitrogens with zero attached hydrogens (tertiary/aromatic N) is 2. The molecule has 0 unspecified atom stereocenters. The third-order valence-corrected chi connectivity index (χ3v) is 2.85. The van der Waals surface area contributed by atoms with E-state index in [-0.39, 0.29) is 0 Å². The first-order valence-corrected chi connectivity index (χ1v) is 5.74. The molecule has 1 N–H and O–H groups in total. The quantitative estimate of drug-likeness (QED) is 0.716. The first-order chi connectivity index (χ1) is 6.36. The lowest BCUT2D eigenvalue weighted by atomic mass is 10.2. The molecule has 0 atom stereocenters. The third-order valence-electron chi connectivity index (χ3n) is 1.83. The average Bonchev–Trinajstić information content (AvgIpc) is 2.60.